The van der Waals surface area contributed by atoms with E-state index in [0.717, 1.165) is 44.1 Å². The van der Waals surface area contributed by atoms with Gasteiger partial charge in [0.1, 0.15) is 0 Å². The molecule has 0 radical (unpaired) electrons. The number of carbonyl (C=O) groups excluding carboxylic acids is 1. The van der Waals surface area contributed by atoms with Crippen LogP contribution in [0, 0.1) is 0 Å². The van der Waals surface area contributed by atoms with E-state index in [1.54, 1.807) is 0 Å². The number of benzene rings is 1. The van der Waals surface area contributed by atoms with Crippen molar-refractivity contribution in [3.8, 4) is 0 Å². The number of fused-ring (bicyclic) bond motifs is 1. The van der Waals surface area contributed by atoms with E-state index in [2.05, 4.69) is 34.5 Å². The zero-order valence-corrected chi connectivity index (χ0v) is 14.2. The molecule has 5 nitrogen and oxygen atoms in total. The lowest BCUT2D eigenvalue weighted by Gasteiger charge is -2.31. The third kappa shape index (κ3) is 4.62. The largest absolute Gasteiger partial charge is 0.390 e. The lowest BCUT2D eigenvalue weighted by molar-refractivity contribution is 0.104. The highest BCUT2D eigenvalue weighted by Crippen LogP contribution is 2.18. The van der Waals surface area contributed by atoms with Crippen molar-refractivity contribution in [3.63, 3.8) is 0 Å². The first kappa shape index (κ1) is 16.6. The minimum Gasteiger partial charge on any atom is -0.390 e. The molecule has 23 heavy (non-hydrogen) atoms. The molecule has 2 aliphatic rings. The summed E-state index contributed by atoms with van der Waals surface area (Å²) in [6, 6.07) is 8.44. The highest BCUT2D eigenvalue weighted by molar-refractivity contribution is 7.99. The Hall–Kier alpha value is -1.24. The van der Waals surface area contributed by atoms with Crippen LogP contribution in [0.2, 0.25) is 0 Å². The smallest absolute Gasteiger partial charge is 0.317 e. The molecule has 2 amide bonds. The first-order valence-electron chi connectivity index (χ1n) is 8.30. The second-order valence-corrected chi connectivity index (χ2v) is 7.42. The van der Waals surface area contributed by atoms with Gasteiger partial charge in [-0.1, -0.05) is 24.3 Å². The molecule has 0 spiro atoms. The third-order valence-corrected chi connectivity index (χ3v) is 5.41. The second-order valence-electron chi connectivity index (χ2n) is 6.19. The lowest BCUT2D eigenvalue weighted by Crippen LogP contribution is -2.48. The van der Waals surface area contributed by atoms with Gasteiger partial charge in [-0.2, -0.15) is 11.8 Å². The molecule has 1 atom stereocenters. The average Bonchev–Trinajstić information content (AvgIpc) is 2.60. The summed E-state index contributed by atoms with van der Waals surface area (Å²) in [5.74, 6) is 2.01. The number of urea groups is 1. The highest BCUT2D eigenvalue weighted by atomic mass is 32.2. The minimum absolute atomic E-state index is 0.0478. The number of hydrogen-bond acceptors (Lipinski definition) is 4. The van der Waals surface area contributed by atoms with Crippen LogP contribution in [0.25, 0.3) is 0 Å². The maximum Gasteiger partial charge on any atom is 0.317 e. The van der Waals surface area contributed by atoms with Gasteiger partial charge in [-0.05, 0) is 17.5 Å². The van der Waals surface area contributed by atoms with Crippen LogP contribution in [0.3, 0.4) is 0 Å². The van der Waals surface area contributed by atoms with Crippen molar-refractivity contribution >= 4 is 17.8 Å². The molecule has 1 saturated heterocycles. The number of amides is 2. The Kier molecular flexibility index (Phi) is 5.80. The summed E-state index contributed by atoms with van der Waals surface area (Å²) in [4.78, 5) is 16.1. The van der Waals surface area contributed by atoms with E-state index in [1.807, 2.05) is 16.7 Å². The van der Waals surface area contributed by atoms with E-state index in [0.29, 0.717) is 13.1 Å². The van der Waals surface area contributed by atoms with Crippen LogP contribution in [0.4, 0.5) is 4.79 Å². The number of nitrogens with one attached hydrogen (secondary N) is 1. The SMILES string of the molecule is O=C(NCC(O)CN1CCc2ccccc2C1)N1CCSCC1. The molecule has 3 rings (SSSR count). The fourth-order valence-electron chi connectivity index (χ4n) is 3.16. The Balaban J connectivity index is 1.41. The number of hydrogen-bond donors (Lipinski definition) is 2. The topological polar surface area (TPSA) is 55.8 Å². The minimum atomic E-state index is -0.525. The molecule has 0 aliphatic carbocycles. The van der Waals surface area contributed by atoms with Gasteiger partial charge in [-0.15, -0.1) is 0 Å². The summed E-state index contributed by atoms with van der Waals surface area (Å²) < 4.78 is 0. The number of nitrogens with zero attached hydrogens (tertiary/aromatic N) is 2. The summed E-state index contributed by atoms with van der Waals surface area (Å²) in [6.07, 6.45) is 0.504. The first-order chi connectivity index (χ1) is 11.2. The van der Waals surface area contributed by atoms with Crippen molar-refractivity contribution in [2.45, 2.75) is 19.1 Å². The van der Waals surface area contributed by atoms with Gasteiger partial charge in [-0.25, -0.2) is 4.79 Å². The van der Waals surface area contributed by atoms with Crippen molar-refractivity contribution in [2.24, 2.45) is 0 Å². The van der Waals surface area contributed by atoms with E-state index in [9.17, 15) is 9.90 Å². The van der Waals surface area contributed by atoms with Crippen molar-refractivity contribution in [1.29, 1.82) is 0 Å². The third-order valence-electron chi connectivity index (χ3n) is 4.47. The number of rotatable bonds is 4. The van der Waals surface area contributed by atoms with Crippen LogP contribution < -0.4 is 5.32 Å². The van der Waals surface area contributed by atoms with Gasteiger partial charge < -0.3 is 15.3 Å². The molecule has 1 fully saturated rings. The first-order valence-corrected chi connectivity index (χ1v) is 9.45. The van der Waals surface area contributed by atoms with E-state index in [-0.39, 0.29) is 6.03 Å². The summed E-state index contributed by atoms with van der Waals surface area (Å²) in [5, 5.41) is 13.1. The fraction of sp³-hybridized carbons (Fsp3) is 0.588. The molecular weight excluding hydrogens is 310 g/mol. The van der Waals surface area contributed by atoms with Gasteiger partial charge in [0.05, 0.1) is 6.10 Å². The van der Waals surface area contributed by atoms with Crippen LogP contribution >= 0.6 is 11.8 Å². The van der Waals surface area contributed by atoms with Crippen LogP contribution in [-0.4, -0.2) is 71.3 Å². The number of thioether (sulfide) groups is 1. The molecule has 1 aromatic rings. The predicted molar refractivity (Wildman–Crippen MR) is 93.7 cm³/mol. The van der Waals surface area contributed by atoms with Crippen molar-refractivity contribution in [1.82, 2.24) is 15.1 Å². The molecule has 2 aliphatic heterocycles. The van der Waals surface area contributed by atoms with Gasteiger partial charge in [0, 0.05) is 50.8 Å². The molecule has 0 aromatic heterocycles. The van der Waals surface area contributed by atoms with Crippen molar-refractivity contribution in [2.75, 3.05) is 44.2 Å². The number of aliphatic hydroxyl groups is 1. The standard InChI is InChI=1S/C17H25N3O2S/c21-16(11-18-17(22)20-7-9-23-10-8-20)13-19-6-5-14-3-1-2-4-15(14)12-19/h1-4,16,21H,5-13H2,(H,18,22). The van der Waals surface area contributed by atoms with Crippen LogP contribution in [0.5, 0.6) is 0 Å². The van der Waals surface area contributed by atoms with Gasteiger partial charge >= 0.3 is 6.03 Å². The Morgan fingerprint density at radius 3 is 2.74 bits per heavy atom. The van der Waals surface area contributed by atoms with E-state index < -0.39 is 6.10 Å². The maximum atomic E-state index is 12.0. The second kappa shape index (κ2) is 8.04. The van der Waals surface area contributed by atoms with Crippen molar-refractivity contribution in [3.05, 3.63) is 35.4 Å². The van der Waals surface area contributed by atoms with E-state index in [1.165, 1.54) is 11.1 Å². The monoisotopic (exact) mass is 335 g/mol. The molecule has 126 valence electrons. The van der Waals surface area contributed by atoms with Crippen molar-refractivity contribution < 1.29 is 9.90 Å². The van der Waals surface area contributed by atoms with Crippen LogP contribution in [-0.2, 0) is 13.0 Å². The number of β-amino-alcohol motifs (C(OH)–C–C–N with tert-alkyl or cyclic N) is 1. The molecule has 0 saturated carbocycles. The predicted octanol–water partition coefficient (Wildman–Crippen LogP) is 1.16. The van der Waals surface area contributed by atoms with E-state index >= 15 is 0 Å². The molecule has 1 unspecified atom stereocenters. The number of carbonyl (C=O) groups is 1. The maximum absolute atomic E-state index is 12.0. The fourth-order valence-corrected chi connectivity index (χ4v) is 4.06. The van der Waals surface area contributed by atoms with Crippen LogP contribution in [0.1, 0.15) is 11.1 Å². The Morgan fingerprint density at radius 1 is 1.22 bits per heavy atom. The normalized spacial score (nSPS) is 20.0. The molecule has 6 heteroatoms. The summed E-state index contributed by atoms with van der Waals surface area (Å²) in [7, 11) is 0. The zero-order chi connectivity index (χ0) is 16.1. The molecule has 2 N–H and O–H groups in total. The summed E-state index contributed by atoms with van der Waals surface area (Å²) >= 11 is 1.88. The van der Waals surface area contributed by atoms with E-state index in [4.69, 9.17) is 0 Å². The molecule has 2 heterocycles. The quantitative estimate of drug-likeness (QED) is 0.867. The Morgan fingerprint density at radius 2 is 1.96 bits per heavy atom. The average molecular weight is 335 g/mol. The number of aliphatic hydroxyl groups excluding tert-OH is 1. The highest BCUT2D eigenvalue weighted by Gasteiger charge is 2.20. The van der Waals surface area contributed by atoms with Gasteiger partial charge in [0.2, 0.25) is 0 Å². The Bertz CT molecular complexity index is 534. The van der Waals surface area contributed by atoms with Gasteiger partial charge in [-0.3, -0.25) is 4.90 Å². The molecular formula is C17H25N3O2S. The summed E-state index contributed by atoms with van der Waals surface area (Å²) in [5.41, 5.74) is 2.76. The van der Waals surface area contributed by atoms with Gasteiger partial charge in [0.15, 0.2) is 0 Å². The summed E-state index contributed by atoms with van der Waals surface area (Å²) in [6.45, 7) is 4.37. The Labute approximate surface area is 142 Å². The van der Waals surface area contributed by atoms with Gasteiger partial charge in [0.25, 0.3) is 0 Å². The van der Waals surface area contributed by atoms with Crippen LogP contribution in [0.15, 0.2) is 24.3 Å². The lowest BCUT2D eigenvalue weighted by atomic mass is 10.00. The molecule has 1 aromatic carbocycles. The molecule has 0 bridgehead atoms. The zero-order valence-electron chi connectivity index (χ0n) is 13.4.